The molecule has 7 atom stereocenters. The van der Waals surface area contributed by atoms with Gasteiger partial charge in [-0.25, -0.2) is 14.4 Å². The Bertz CT molecular complexity index is 1220. The largest absolute Gasteiger partial charge is 0.458 e. The van der Waals surface area contributed by atoms with Crippen LogP contribution in [0.3, 0.4) is 0 Å². The van der Waals surface area contributed by atoms with Crippen LogP contribution in [0, 0.1) is 23.7 Å². The van der Waals surface area contributed by atoms with Gasteiger partial charge in [-0.2, -0.15) is 0 Å². The van der Waals surface area contributed by atoms with E-state index >= 15 is 0 Å². The van der Waals surface area contributed by atoms with Crippen molar-refractivity contribution in [2.24, 2.45) is 23.7 Å². The van der Waals surface area contributed by atoms with Gasteiger partial charge in [-0.3, -0.25) is 4.79 Å². The zero-order chi connectivity index (χ0) is 23.2. The molecule has 4 heterocycles. The van der Waals surface area contributed by atoms with Crippen LogP contribution < -0.4 is 9.47 Å². The summed E-state index contributed by atoms with van der Waals surface area (Å²) in [4.78, 5) is 48.1. The fourth-order valence-corrected chi connectivity index (χ4v) is 5.61. The third kappa shape index (κ3) is 2.71. The van der Waals surface area contributed by atoms with Crippen molar-refractivity contribution in [3.63, 3.8) is 0 Å². The van der Waals surface area contributed by atoms with Crippen molar-refractivity contribution in [2.45, 2.75) is 31.8 Å². The first-order chi connectivity index (χ1) is 15.7. The maximum absolute atomic E-state index is 12.5. The second-order valence-corrected chi connectivity index (χ2v) is 8.79. The first kappa shape index (κ1) is 20.0. The van der Waals surface area contributed by atoms with Crippen molar-refractivity contribution in [3.8, 4) is 11.5 Å². The highest BCUT2D eigenvalue weighted by atomic mass is 16.6. The zero-order valence-corrected chi connectivity index (χ0v) is 17.3. The summed E-state index contributed by atoms with van der Waals surface area (Å²) >= 11 is 0. The molecule has 11 heteroatoms. The molecule has 3 fully saturated rings. The Morgan fingerprint density at radius 3 is 2.85 bits per heavy atom. The summed E-state index contributed by atoms with van der Waals surface area (Å²) in [5.74, 6) is -4.42. The third-order valence-corrected chi connectivity index (χ3v) is 6.89. The number of hydrogen-bond acceptors (Lipinski definition) is 11. The van der Waals surface area contributed by atoms with Gasteiger partial charge in [-0.15, -0.1) is 0 Å². The van der Waals surface area contributed by atoms with Gasteiger partial charge in [-0.1, -0.05) is 6.58 Å². The van der Waals surface area contributed by atoms with Gasteiger partial charge in [0.25, 0.3) is 0 Å². The third-order valence-electron chi connectivity index (χ3n) is 6.89. The molecule has 0 radical (unpaired) electrons. The van der Waals surface area contributed by atoms with Gasteiger partial charge in [-0.05, 0) is 13.3 Å². The summed E-state index contributed by atoms with van der Waals surface area (Å²) in [5.41, 5.74) is 0.934. The van der Waals surface area contributed by atoms with E-state index in [0.717, 1.165) is 0 Å². The molecular weight excluding hydrogens is 440 g/mol. The number of hydrogen-bond donors (Lipinski definition) is 1. The summed E-state index contributed by atoms with van der Waals surface area (Å²) in [7, 11) is 0. The average Bonchev–Trinajstić information content (AvgIpc) is 3.55. The van der Waals surface area contributed by atoms with Gasteiger partial charge in [0.05, 0.1) is 5.92 Å². The number of furan rings is 2. The number of carbonyl (C=O) groups excluding carboxylic acids is 4. The molecule has 0 amide bonds. The number of aliphatic hydroxyl groups excluding tert-OH is 1. The van der Waals surface area contributed by atoms with Crippen LogP contribution in [0.15, 0.2) is 22.6 Å². The summed E-state index contributed by atoms with van der Waals surface area (Å²) in [5, 5.41) is 11.0. The minimum Gasteiger partial charge on any atom is -0.458 e. The average molecular weight is 458 g/mol. The number of benzene rings is 1. The molecule has 2 saturated carbocycles. The molecule has 172 valence electrons. The maximum atomic E-state index is 12.5. The normalized spacial score (nSPS) is 31.6. The minimum atomic E-state index is -1.48. The van der Waals surface area contributed by atoms with E-state index in [1.54, 1.807) is 0 Å². The second kappa shape index (κ2) is 6.70. The molecule has 4 aliphatic rings. The lowest BCUT2D eigenvalue weighted by Gasteiger charge is -2.33. The van der Waals surface area contributed by atoms with E-state index in [-0.39, 0.29) is 34.2 Å². The number of ether oxygens (including phenoxy) is 5. The predicted octanol–water partition coefficient (Wildman–Crippen LogP) is 0.939. The summed E-state index contributed by atoms with van der Waals surface area (Å²) in [6, 6.07) is 1.47. The van der Waals surface area contributed by atoms with Crippen molar-refractivity contribution in [3.05, 3.63) is 23.8 Å². The number of esters is 4. The second-order valence-electron chi connectivity index (χ2n) is 8.79. The first-order valence-electron chi connectivity index (χ1n) is 10.4. The van der Waals surface area contributed by atoms with Gasteiger partial charge in [0.1, 0.15) is 17.8 Å². The molecule has 2 aromatic rings. The van der Waals surface area contributed by atoms with E-state index in [1.807, 2.05) is 0 Å². The Labute approximate surface area is 185 Å². The molecule has 1 saturated heterocycles. The van der Waals surface area contributed by atoms with Gasteiger partial charge >= 0.3 is 23.9 Å². The quantitative estimate of drug-likeness (QED) is 0.273. The molecular formula is C22H18O11. The molecule has 0 aromatic carbocycles. The van der Waals surface area contributed by atoms with E-state index < -0.39 is 66.7 Å². The first-order valence-corrected chi connectivity index (χ1v) is 10.4. The van der Waals surface area contributed by atoms with Crippen LogP contribution >= 0.6 is 0 Å². The Balaban J connectivity index is 1.19. The molecule has 33 heavy (non-hydrogen) atoms. The van der Waals surface area contributed by atoms with Crippen LogP contribution in [0.5, 0.6) is 11.5 Å². The van der Waals surface area contributed by atoms with Crippen molar-refractivity contribution in [1.82, 2.24) is 0 Å². The highest BCUT2D eigenvalue weighted by molar-refractivity contribution is 6.10. The molecule has 2 aromatic heterocycles. The lowest BCUT2D eigenvalue weighted by molar-refractivity contribution is -0.172. The van der Waals surface area contributed by atoms with Crippen molar-refractivity contribution in [1.29, 1.82) is 0 Å². The number of aliphatic hydroxyl groups is 1. The van der Waals surface area contributed by atoms with Crippen LogP contribution in [-0.2, 0) is 28.6 Å². The van der Waals surface area contributed by atoms with Crippen LogP contribution in [-0.4, -0.2) is 54.1 Å². The molecule has 4 bridgehead atoms. The van der Waals surface area contributed by atoms with E-state index in [9.17, 15) is 24.3 Å². The number of rotatable bonds is 7. The molecule has 7 unspecified atom stereocenters. The maximum Gasteiger partial charge on any atom is 0.347 e. The fourth-order valence-electron chi connectivity index (χ4n) is 5.61. The minimum absolute atomic E-state index is 0.0815. The lowest BCUT2D eigenvalue weighted by atomic mass is 9.78. The zero-order valence-electron chi connectivity index (χ0n) is 17.3. The Morgan fingerprint density at radius 1 is 1.30 bits per heavy atom. The Hall–Kier alpha value is -3.60. The van der Waals surface area contributed by atoms with Crippen molar-refractivity contribution < 1.29 is 52.4 Å². The molecule has 0 spiro atoms. The van der Waals surface area contributed by atoms with Crippen LogP contribution in [0.2, 0.25) is 0 Å². The predicted molar refractivity (Wildman–Crippen MR) is 103 cm³/mol. The number of carbonyl (C=O) groups is 4. The van der Waals surface area contributed by atoms with Gasteiger partial charge in [0.15, 0.2) is 17.8 Å². The summed E-state index contributed by atoms with van der Waals surface area (Å²) in [6.07, 6.45) is -2.43. The van der Waals surface area contributed by atoms with Crippen LogP contribution in [0.1, 0.15) is 23.7 Å². The Morgan fingerprint density at radius 2 is 2.09 bits per heavy atom. The summed E-state index contributed by atoms with van der Waals surface area (Å²) < 4.78 is 32.1. The topological polar surface area (TPSA) is 148 Å². The molecule has 2 aliphatic carbocycles. The summed E-state index contributed by atoms with van der Waals surface area (Å²) in [6.45, 7) is 4.27. The van der Waals surface area contributed by atoms with Crippen LogP contribution in [0.25, 0.3) is 11.2 Å². The van der Waals surface area contributed by atoms with Gasteiger partial charge < -0.3 is 33.2 Å². The van der Waals surface area contributed by atoms with E-state index in [2.05, 4.69) is 6.58 Å². The molecule has 2 aliphatic heterocycles. The standard InChI is InChI=1S/C22H18O11/c1-6(2)19(24)28-5-11(23)30-14-7-3-8-13(21(26)31-15(8)14)12(7)22(27)32-17-10-4-9-16(29-10)18(17)33-20(9)25/h4,7-8,12-15,22,27H,1,3,5H2,2H3. The van der Waals surface area contributed by atoms with Crippen molar-refractivity contribution >= 4 is 35.0 Å². The van der Waals surface area contributed by atoms with Crippen molar-refractivity contribution in [2.75, 3.05) is 6.61 Å². The van der Waals surface area contributed by atoms with E-state index in [0.29, 0.717) is 12.0 Å². The molecule has 1 N–H and O–H groups in total. The highest BCUT2D eigenvalue weighted by Crippen LogP contribution is 2.60. The van der Waals surface area contributed by atoms with E-state index in [4.69, 9.17) is 28.1 Å². The number of fused-ring (bicyclic) bond motifs is 2. The smallest absolute Gasteiger partial charge is 0.347 e. The Kier molecular flexibility index (Phi) is 4.07. The molecule has 6 rings (SSSR count). The van der Waals surface area contributed by atoms with Gasteiger partial charge in [0.2, 0.25) is 17.8 Å². The lowest BCUT2D eigenvalue weighted by Crippen LogP contribution is -2.46. The monoisotopic (exact) mass is 458 g/mol. The SMILES string of the molecule is C=C(C)C(=O)OCC(=O)OC1C2CC3C1OC(=O)C3C2C(O)Oc1c2c3oc1cc3C(=O)O2. The highest BCUT2D eigenvalue weighted by Gasteiger charge is 2.70. The molecule has 11 nitrogen and oxygen atoms in total. The van der Waals surface area contributed by atoms with E-state index in [1.165, 1.54) is 13.0 Å². The van der Waals surface area contributed by atoms with Gasteiger partial charge in [0, 0.05) is 29.4 Å². The van der Waals surface area contributed by atoms with Crippen LogP contribution in [0.4, 0.5) is 0 Å². The fraction of sp³-hybridized carbons (Fsp3) is 0.455.